The van der Waals surface area contributed by atoms with Gasteiger partial charge in [-0.3, -0.25) is 76.8 Å². The molecule has 0 unspecified atom stereocenters. The molecule has 0 radical (unpaired) electrons. The van der Waals surface area contributed by atoms with E-state index in [0.717, 1.165) is 48.7 Å². The van der Waals surface area contributed by atoms with E-state index in [0.29, 0.717) is 6.42 Å². The number of aryl methyl sites for hydroxylation is 4. The number of rotatable bonds is 34. The quantitative estimate of drug-likeness (QED) is 0.0294. The molecule has 1 aromatic heterocycles. The van der Waals surface area contributed by atoms with Crippen LogP contribution in [0, 0.1) is 11.7 Å². The number of nitrogens with one attached hydrogen (secondary N) is 3. The van der Waals surface area contributed by atoms with E-state index in [1.165, 1.54) is 43.7 Å². The Morgan fingerprint density at radius 1 is 0.625 bits per heavy atom. The summed E-state index contributed by atoms with van der Waals surface area (Å²) in [7, 11) is -10.1. The van der Waals surface area contributed by atoms with E-state index in [4.69, 9.17) is 9.72 Å². The number of carbonyl (C=O) groups excluding carboxylic acids is 5. The molecule has 28 nitrogen and oxygen atoms in total. The SMILES string of the molecule is O=C(O)C[C@H](NC(=O)c1ccc(CCc2ccc3c(n2)CCCC3)cc1)c1ccc(OCCCC(=O)CCCNC(=O)[C@@H](CC(=O)[C@H](CS(=O)(=O)O)NC(=O)CN2CCN(CC(=O)O)CCN(CC(=O)O)CCN(CC(=O)O)CC2)CS(=O)(=O)O)c(F)c1. The summed E-state index contributed by atoms with van der Waals surface area (Å²) in [5, 5.41) is 45.3. The topological polar surface area (TPSA) is 414 Å². The number of amides is 3. The third-order valence-corrected chi connectivity index (χ3v) is 16.2. The van der Waals surface area contributed by atoms with Gasteiger partial charge in [0, 0.05) is 95.1 Å². The summed E-state index contributed by atoms with van der Waals surface area (Å²) in [5.74, 6) is -14.8. The highest BCUT2D eigenvalue weighted by Gasteiger charge is 2.34. The number of carbonyl (C=O) groups is 9. The number of ether oxygens (including phenoxy) is 1. The highest BCUT2D eigenvalue weighted by molar-refractivity contribution is 7.86. The second-order valence-electron chi connectivity index (χ2n) is 21.8. The fraction of sp³-hybridized carbons (Fsp3) is 0.544. The summed E-state index contributed by atoms with van der Waals surface area (Å²) < 4.78 is 88.5. The van der Waals surface area contributed by atoms with E-state index in [2.05, 4.69) is 28.1 Å². The van der Waals surface area contributed by atoms with Crippen molar-refractivity contribution in [2.45, 2.75) is 89.1 Å². The number of aromatic nitrogens is 1. The van der Waals surface area contributed by atoms with Gasteiger partial charge in [0.1, 0.15) is 17.6 Å². The number of hydrogen-bond acceptors (Lipinski definition) is 19. The van der Waals surface area contributed by atoms with Crippen LogP contribution in [0.4, 0.5) is 4.39 Å². The number of pyridine rings is 1. The minimum Gasteiger partial charge on any atom is -0.491 e. The van der Waals surface area contributed by atoms with Gasteiger partial charge in [-0.2, -0.15) is 16.8 Å². The molecule has 5 rings (SSSR count). The van der Waals surface area contributed by atoms with Crippen molar-refractivity contribution >= 4 is 73.4 Å². The maximum Gasteiger partial charge on any atom is 0.317 e. The molecule has 484 valence electrons. The summed E-state index contributed by atoms with van der Waals surface area (Å²) in [5.41, 5.74) is 4.87. The van der Waals surface area contributed by atoms with E-state index >= 15 is 4.39 Å². The van der Waals surface area contributed by atoms with Crippen molar-refractivity contribution in [3.05, 3.63) is 94.1 Å². The Hall–Kier alpha value is -7.39. The van der Waals surface area contributed by atoms with Gasteiger partial charge in [0.05, 0.1) is 56.9 Å². The Bertz CT molecular complexity index is 3140. The van der Waals surface area contributed by atoms with Crippen LogP contribution in [0.3, 0.4) is 0 Å². The van der Waals surface area contributed by atoms with Crippen LogP contribution in [0.25, 0.3) is 0 Å². The normalized spacial score (nSPS) is 16.1. The Morgan fingerprint density at radius 2 is 1.18 bits per heavy atom. The molecule has 3 aromatic rings. The van der Waals surface area contributed by atoms with Crippen LogP contribution in [-0.4, -0.2) is 233 Å². The van der Waals surface area contributed by atoms with E-state index < -0.39 is 142 Å². The Balaban J connectivity index is 1.09. The van der Waals surface area contributed by atoms with Crippen LogP contribution in [0.1, 0.15) is 95.8 Å². The number of benzene rings is 2. The smallest absolute Gasteiger partial charge is 0.317 e. The standard InChI is InChI=1S/C57H77FN8O20S2/c58-45-29-41(47(31-52(70)71)62-57(79)40-12-9-38(10-13-40)11-16-43-17-14-39-5-1-2-8-46(39)60-43)15-18-50(45)86-28-4-7-44(67)6-3-19-59-56(78)42(36-87(80,81)82)30-49(68)48(37-88(83,84)85)61-51(69)32-63-20-22-64(33-53(72)73)24-26-66(35-55(76)77)27-25-65(23-21-63)34-54(74)75/h9-10,12-15,17-18,29,42,47-48H,1-8,11,16,19-28,30-37H2,(H,59,78)(H,61,69)(H,62,79)(H,70,71)(H,72,73)(H,74,75)(H,76,77)(H,80,81,82)(H,83,84,85)/t42-,47-,48-/m0/s1. The fourth-order valence-corrected chi connectivity index (χ4v) is 11.6. The molecule has 1 aliphatic heterocycles. The Kier molecular flexibility index (Phi) is 28.4. The number of nitrogens with zero attached hydrogens (tertiary/aromatic N) is 5. The number of fused-ring (bicyclic) bond motifs is 1. The van der Waals surface area contributed by atoms with Crippen molar-refractivity contribution in [1.29, 1.82) is 0 Å². The summed E-state index contributed by atoms with van der Waals surface area (Å²) in [6.45, 7) is -2.21. The van der Waals surface area contributed by atoms with Crippen molar-refractivity contribution in [3.8, 4) is 5.75 Å². The Morgan fingerprint density at radius 3 is 1.73 bits per heavy atom. The van der Waals surface area contributed by atoms with E-state index in [1.807, 2.05) is 12.1 Å². The molecule has 2 aliphatic rings. The lowest BCUT2D eigenvalue weighted by molar-refractivity contribution is -0.140. The third-order valence-electron chi connectivity index (χ3n) is 14.7. The number of aliphatic carboxylic acids is 4. The number of carboxylic acids is 4. The summed E-state index contributed by atoms with van der Waals surface area (Å²) >= 11 is 0. The number of hydrogen-bond donors (Lipinski definition) is 9. The van der Waals surface area contributed by atoms with Gasteiger partial charge in [-0.25, -0.2) is 4.39 Å². The molecule has 1 aliphatic carbocycles. The molecule has 0 bridgehead atoms. The largest absolute Gasteiger partial charge is 0.491 e. The van der Waals surface area contributed by atoms with Gasteiger partial charge < -0.3 is 41.1 Å². The number of halogens is 1. The molecule has 3 amide bonds. The zero-order chi connectivity index (χ0) is 64.6. The van der Waals surface area contributed by atoms with Crippen molar-refractivity contribution in [3.63, 3.8) is 0 Å². The molecule has 1 saturated heterocycles. The maximum absolute atomic E-state index is 15.4. The number of Topliss-reactive ketones (excluding diaryl/α,β-unsaturated/α-hetero) is 2. The predicted molar refractivity (Wildman–Crippen MR) is 312 cm³/mol. The summed E-state index contributed by atoms with van der Waals surface area (Å²) in [6, 6.07) is 11.6. The van der Waals surface area contributed by atoms with Gasteiger partial charge in [-0.05, 0) is 98.4 Å². The monoisotopic (exact) mass is 1280 g/mol. The molecule has 0 saturated carbocycles. The van der Waals surface area contributed by atoms with Crippen LogP contribution in [0.2, 0.25) is 0 Å². The first-order chi connectivity index (χ1) is 41.6. The van der Waals surface area contributed by atoms with Crippen molar-refractivity contribution in [2.24, 2.45) is 5.92 Å². The minimum absolute atomic E-state index is 0.00937. The van der Waals surface area contributed by atoms with Gasteiger partial charge in [0.15, 0.2) is 17.3 Å². The average Bonchev–Trinajstić information content (AvgIpc) is 3.33. The van der Waals surface area contributed by atoms with E-state index in [9.17, 15) is 89.5 Å². The molecule has 31 heteroatoms. The van der Waals surface area contributed by atoms with Crippen molar-refractivity contribution in [2.75, 3.05) is 103 Å². The molecule has 2 aromatic carbocycles. The van der Waals surface area contributed by atoms with Crippen molar-refractivity contribution in [1.82, 2.24) is 40.5 Å². The second-order valence-corrected chi connectivity index (χ2v) is 24.8. The van der Waals surface area contributed by atoms with E-state index in [1.54, 1.807) is 12.1 Å². The zero-order valence-electron chi connectivity index (χ0n) is 48.6. The van der Waals surface area contributed by atoms with Gasteiger partial charge in [0.25, 0.3) is 26.1 Å². The molecule has 3 atom stereocenters. The lowest BCUT2D eigenvalue weighted by Crippen LogP contribution is -2.52. The predicted octanol–water partition coefficient (Wildman–Crippen LogP) is 0.766. The molecular formula is C57H77FN8O20S2. The van der Waals surface area contributed by atoms with Crippen LogP contribution in [0.5, 0.6) is 5.75 Å². The number of ketones is 2. The van der Waals surface area contributed by atoms with Gasteiger partial charge in [-0.15, -0.1) is 0 Å². The highest BCUT2D eigenvalue weighted by atomic mass is 32.2. The first-order valence-corrected chi connectivity index (χ1v) is 31.9. The maximum atomic E-state index is 15.4. The van der Waals surface area contributed by atoms with Crippen molar-refractivity contribution < 1.29 is 98.6 Å². The lowest BCUT2D eigenvalue weighted by atomic mass is 9.95. The van der Waals surface area contributed by atoms with Crippen LogP contribution < -0.4 is 20.7 Å². The third kappa shape index (κ3) is 26.9. The first kappa shape index (κ1) is 71.4. The van der Waals surface area contributed by atoms with Gasteiger partial charge >= 0.3 is 23.9 Å². The van der Waals surface area contributed by atoms with Crippen LogP contribution in [0.15, 0.2) is 54.6 Å². The molecule has 88 heavy (non-hydrogen) atoms. The van der Waals surface area contributed by atoms with E-state index in [-0.39, 0.29) is 114 Å². The molecule has 0 spiro atoms. The molecule has 9 N–H and O–H groups in total. The fourth-order valence-electron chi connectivity index (χ4n) is 10.1. The molecule has 1 fully saturated rings. The van der Waals surface area contributed by atoms with Gasteiger partial charge in [0.2, 0.25) is 11.8 Å². The van der Waals surface area contributed by atoms with Crippen LogP contribution in [-0.2, 0) is 84.3 Å². The Labute approximate surface area is 508 Å². The second kappa shape index (κ2) is 35.0. The average molecular weight is 1280 g/mol. The lowest BCUT2D eigenvalue weighted by Gasteiger charge is -2.33. The van der Waals surface area contributed by atoms with Crippen LogP contribution >= 0.6 is 0 Å². The first-order valence-electron chi connectivity index (χ1n) is 28.7. The summed E-state index contributed by atoms with van der Waals surface area (Å²) in [6.07, 6.45) is 4.02. The highest BCUT2D eigenvalue weighted by Crippen LogP contribution is 2.26. The molecule has 2 heterocycles. The molecular weight excluding hydrogens is 1200 g/mol. The van der Waals surface area contributed by atoms with Gasteiger partial charge in [-0.1, -0.05) is 24.3 Å². The summed E-state index contributed by atoms with van der Waals surface area (Å²) in [4.78, 5) is 124. The zero-order valence-corrected chi connectivity index (χ0v) is 50.2. The minimum atomic E-state index is -5.06. The number of carboxylic acid groups (broad SMARTS) is 4.